The maximum absolute atomic E-state index is 3.94. The Morgan fingerprint density at radius 3 is 2.90 bits per heavy atom. The molecule has 54 valence electrons. The third-order valence-electron chi connectivity index (χ3n) is 1.63. The second-order valence-electron chi connectivity index (χ2n) is 2.34. The molecular formula is C9H13N. The highest BCUT2D eigenvalue weighted by molar-refractivity contribution is 5.13. The van der Waals surface area contributed by atoms with E-state index in [0.29, 0.717) is 0 Å². The summed E-state index contributed by atoms with van der Waals surface area (Å²) >= 11 is 0. The van der Waals surface area contributed by atoms with Crippen molar-refractivity contribution >= 4 is 0 Å². The molecule has 1 heteroatoms. The Kier molecular flexibility index (Phi) is 2.32. The lowest BCUT2D eigenvalue weighted by molar-refractivity contribution is 0.496. The summed E-state index contributed by atoms with van der Waals surface area (Å²) in [5.74, 6) is 0. The molecule has 1 aliphatic rings. The van der Waals surface area contributed by atoms with Crippen LogP contribution in [0.3, 0.4) is 0 Å². The van der Waals surface area contributed by atoms with Gasteiger partial charge in [-0.15, -0.1) is 0 Å². The minimum absolute atomic E-state index is 0.975. The van der Waals surface area contributed by atoms with Gasteiger partial charge in [-0.1, -0.05) is 25.7 Å². The molecule has 0 N–H and O–H groups in total. The predicted molar refractivity (Wildman–Crippen MR) is 44.4 cm³/mol. The number of allylic oxidation sites excluding steroid dienone is 3. The van der Waals surface area contributed by atoms with Crippen molar-refractivity contribution in [3.05, 3.63) is 36.7 Å². The normalized spacial score (nSPS) is 15.9. The molecule has 0 radical (unpaired) electrons. The molecule has 0 bridgehead atoms. The third-order valence-corrected chi connectivity index (χ3v) is 1.63. The molecule has 1 heterocycles. The van der Waals surface area contributed by atoms with Crippen LogP contribution in [0.15, 0.2) is 36.7 Å². The molecule has 0 aromatic carbocycles. The highest BCUT2D eigenvalue weighted by Gasteiger charge is 2.00. The van der Waals surface area contributed by atoms with E-state index in [9.17, 15) is 0 Å². The second kappa shape index (κ2) is 3.25. The molecule has 0 aliphatic carbocycles. The van der Waals surface area contributed by atoms with Gasteiger partial charge >= 0.3 is 0 Å². The standard InChI is InChI=1S/C9H13N/c1-3-9(2)10-7-5-4-6-8-10/h4-7H,2-3,8H2,1H3. The van der Waals surface area contributed by atoms with Crippen LogP contribution < -0.4 is 0 Å². The Morgan fingerprint density at radius 2 is 2.40 bits per heavy atom. The van der Waals surface area contributed by atoms with E-state index in [0.717, 1.165) is 13.0 Å². The first-order valence-corrected chi connectivity index (χ1v) is 3.62. The average molecular weight is 135 g/mol. The summed E-state index contributed by atoms with van der Waals surface area (Å²) < 4.78 is 0. The summed E-state index contributed by atoms with van der Waals surface area (Å²) in [6, 6.07) is 0. The SMILES string of the molecule is C=C(CC)N1C=CC=CC1. The van der Waals surface area contributed by atoms with Crippen LogP contribution in [0.2, 0.25) is 0 Å². The van der Waals surface area contributed by atoms with Crippen LogP contribution in [0.1, 0.15) is 13.3 Å². The first-order valence-electron chi connectivity index (χ1n) is 3.62. The van der Waals surface area contributed by atoms with Gasteiger partial charge in [0.15, 0.2) is 0 Å². The minimum Gasteiger partial charge on any atom is -0.348 e. The highest BCUT2D eigenvalue weighted by atomic mass is 15.1. The Morgan fingerprint density at radius 1 is 1.60 bits per heavy atom. The summed E-state index contributed by atoms with van der Waals surface area (Å²) in [5, 5.41) is 0. The average Bonchev–Trinajstić information content (AvgIpc) is 2.05. The van der Waals surface area contributed by atoms with Crippen LogP contribution in [-0.2, 0) is 0 Å². The van der Waals surface area contributed by atoms with Crippen LogP contribution in [0.4, 0.5) is 0 Å². The van der Waals surface area contributed by atoms with Gasteiger partial charge in [-0.3, -0.25) is 0 Å². The van der Waals surface area contributed by atoms with Crippen molar-refractivity contribution < 1.29 is 0 Å². The number of hydrogen-bond acceptors (Lipinski definition) is 1. The molecule has 1 nitrogen and oxygen atoms in total. The fourth-order valence-electron chi connectivity index (χ4n) is 0.905. The van der Waals surface area contributed by atoms with E-state index in [2.05, 4.69) is 36.8 Å². The van der Waals surface area contributed by atoms with Crippen molar-refractivity contribution in [2.75, 3.05) is 6.54 Å². The van der Waals surface area contributed by atoms with E-state index >= 15 is 0 Å². The molecule has 0 saturated heterocycles. The van der Waals surface area contributed by atoms with Crippen LogP contribution in [0.5, 0.6) is 0 Å². The van der Waals surface area contributed by atoms with Crippen LogP contribution in [0.25, 0.3) is 0 Å². The molecule has 1 aliphatic heterocycles. The van der Waals surface area contributed by atoms with E-state index in [1.165, 1.54) is 5.70 Å². The third kappa shape index (κ3) is 1.50. The van der Waals surface area contributed by atoms with E-state index in [-0.39, 0.29) is 0 Å². The van der Waals surface area contributed by atoms with Gasteiger partial charge in [-0.2, -0.15) is 0 Å². The van der Waals surface area contributed by atoms with Crippen molar-refractivity contribution in [2.24, 2.45) is 0 Å². The van der Waals surface area contributed by atoms with Crippen molar-refractivity contribution in [1.29, 1.82) is 0 Å². The zero-order valence-corrected chi connectivity index (χ0v) is 6.38. The lowest BCUT2D eigenvalue weighted by Gasteiger charge is -2.21. The maximum atomic E-state index is 3.94. The van der Waals surface area contributed by atoms with Crippen molar-refractivity contribution in [3.63, 3.8) is 0 Å². The Bertz CT molecular complexity index is 177. The summed E-state index contributed by atoms with van der Waals surface area (Å²) in [6.07, 6.45) is 9.30. The minimum atomic E-state index is 0.975. The van der Waals surface area contributed by atoms with Gasteiger partial charge in [-0.25, -0.2) is 0 Å². The van der Waals surface area contributed by atoms with Gasteiger partial charge in [0.25, 0.3) is 0 Å². The lowest BCUT2D eigenvalue weighted by atomic mass is 10.3. The highest BCUT2D eigenvalue weighted by Crippen LogP contribution is 2.08. The zero-order valence-electron chi connectivity index (χ0n) is 6.38. The molecule has 0 spiro atoms. The molecular weight excluding hydrogens is 122 g/mol. The quantitative estimate of drug-likeness (QED) is 0.561. The fraction of sp³-hybridized carbons (Fsp3) is 0.333. The number of hydrogen-bond donors (Lipinski definition) is 0. The van der Waals surface area contributed by atoms with Crippen LogP contribution >= 0.6 is 0 Å². The molecule has 0 saturated carbocycles. The van der Waals surface area contributed by atoms with Crippen molar-refractivity contribution in [1.82, 2.24) is 4.90 Å². The van der Waals surface area contributed by atoms with Crippen molar-refractivity contribution in [2.45, 2.75) is 13.3 Å². The lowest BCUT2D eigenvalue weighted by Crippen LogP contribution is -2.16. The molecule has 0 amide bonds. The topological polar surface area (TPSA) is 3.24 Å². The van der Waals surface area contributed by atoms with E-state index in [1.54, 1.807) is 0 Å². The number of nitrogens with zero attached hydrogens (tertiary/aromatic N) is 1. The van der Waals surface area contributed by atoms with E-state index < -0.39 is 0 Å². The van der Waals surface area contributed by atoms with Crippen molar-refractivity contribution in [3.8, 4) is 0 Å². The summed E-state index contributed by atoms with van der Waals surface area (Å²) in [5.41, 5.74) is 1.18. The first kappa shape index (κ1) is 7.13. The molecule has 0 aromatic heterocycles. The summed E-state index contributed by atoms with van der Waals surface area (Å²) in [7, 11) is 0. The number of rotatable bonds is 2. The fourth-order valence-corrected chi connectivity index (χ4v) is 0.905. The monoisotopic (exact) mass is 135 g/mol. The summed E-state index contributed by atoms with van der Waals surface area (Å²) in [4.78, 5) is 2.15. The van der Waals surface area contributed by atoms with Gasteiger partial charge in [-0.05, 0) is 12.5 Å². The van der Waals surface area contributed by atoms with Crippen LogP contribution in [0, 0.1) is 0 Å². The van der Waals surface area contributed by atoms with Gasteiger partial charge < -0.3 is 4.90 Å². The zero-order chi connectivity index (χ0) is 7.40. The Balaban J connectivity index is 2.51. The molecule has 0 fully saturated rings. The summed E-state index contributed by atoms with van der Waals surface area (Å²) in [6.45, 7) is 7.03. The van der Waals surface area contributed by atoms with E-state index in [1.807, 2.05) is 6.08 Å². The van der Waals surface area contributed by atoms with Gasteiger partial charge in [0.2, 0.25) is 0 Å². The maximum Gasteiger partial charge on any atom is 0.0405 e. The molecule has 10 heavy (non-hydrogen) atoms. The van der Waals surface area contributed by atoms with Gasteiger partial charge in [0.1, 0.15) is 0 Å². The Hall–Kier alpha value is -0.980. The molecule has 0 unspecified atom stereocenters. The van der Waals surface area contributed by atoms with Gasteiger partial charge in [0, 0.05) is 18.4 Å². The van der Waals surface area contributed by atoms with Crippen LogP contribution in [-0.4, -0.2) is 11.4 Å². The largest absolute Gasteiger partial charge is 0.348 e. The smallest absolute Gasteiger partial charge is 0.0405 e. The molecule has 1 rings (SSSR count). The van der Waals surface area contributed by atoms with Gasteiger partial charge in [0.05, 0.1) is 0 Å². The predicted octanol–water partition coefficient (Wildman–Crippen LogP) is 2.30. The second-order valence-corrected chi connectivity index (χ2v) is 2.34. The molecule has 0 atom stereocenters. The Labute approximate surface area is 62.3 Å². The first-order chi connectivity index (χ1) is 4.84. The van der Waals surface area contributed by atoms with E-state index in [4.69, 9.17) is 0 Å². The molecule has 0 aromatic rings.